The first-order chi connectivity index (χ1) is 15.4. The van der Waals surface area contributed by atoms with E-state index in [0.717, 1.165) is 12.8 Å². The second-order valence-corrected chi connectivity index (χ2v) is 9.56. The fraction of sp³-hybridized carbons (Fsp3) is 0.208. The van der Waals surface area contributed by atoms with Crippen molar-refractivity contribution in [1.29, 1.82) is 0 Å². The first kappa shape index (κ1) is 22.0. The van der Waals surface area contributed by atoms with Crippen LogP contribution in [0.3, 0.4) is 0 Å². The zero-order valence-electron chi connectivity index (χ0n) is 17.4. The van der Waals surface area contributed by atoms with Crippen molar-refractivity contribution in [1.82, 2.24) is 4.31 Å². The van der Waals surface area contributed by atoms with E-state index in [1.807, 2.05) is 30.3 Å². The highest BCUT2D eigenvalue weighted by Crippen LogP contribution is 2.26. The number of nitrogens with zero attached hydrogens (tertiary/aromatic N) is 1. The molecule has 166 valence electrons. The molecule has 1 fully saturated rings. The van der Waals surface area contributed by atoms with Gasteiger partial charge in [-0.05, 0) is 60.9 Å². The number of carbonyl (C=O) groups excluding carboxylic acids is 1. The molecule has 0 aromatic heterocycles. The van der Waals surface area contributed by atoms with Gasteiger partial charge < -0.3 is 10.6 Å². The molecule has 8 heteroatoms. The second kappa shape index (κ2) is 9.50. The average Bonchev–Trinajstić information content (AvgIpc) is 3.36. The van der Waals surface area contributed by atoms with Crippen LogP contribution < -0.4 is 10.6 Å². The Balaban J connectivity index is 1.60. The smallest absolute Gasteiger partial charge is 0.251 e. The van der Waals surface area contributed by atoms with Crippen LogP contribution in [0.25, 0.3) is 0 Å². The number of hydrogen-bond acceptors (Lipinski definition) is 4. The fourth-order valence-corrected chi connectivity index (χ4v) is 5.25. The van der Waals surface area contributed by atoms with E-state index in [1.165, 1.54) is 28.6 Å². The van der Waals surface area contributed by atoms with Crippen LogP contribution in [0.15, 0.2) is 83.8 Å². The van der Waals surface area contributed by atoms with Crippen LogP contribution in [0.1, 0.15) is 24.4 Å². The standard InChI is InChI=1S/C24H24FN3O3S/c25-19-11-13-20(14-12-19)27-24(29)23(18-7-2-1-3-8-18)26-21-9-6-10-22(17-21)32(30,31)28-15-4-5-16-28/h1-3,6-14,17,23,26H,4-5,15-16H2,(H,27,29)/t23-/m0/s1. The minimum atomic E-state index is -3.58. The summed E-state index contributed by atoms with van der Waals surface area (Å²) >= 11 is 0. The molecule has 1 heterocycles. The normalized spacial score (nSPS) is 15.3. The molecule has 1 aliphatic heterocycles. The van der Waals surface area contributed by atoms with Crippen LogP contribution in [0.4, 0.5) is 15.8 Å². The van der Waals surface area contributed by atoms with Crippen LogP contribution in [0, 0.1) is 5.82 Å². The van der Waals surface area contributed by atoms with Crippen LogP contribution >= 0.6 is 0 Å². The number of halogens is 1. The van der Waals surface area contributed by atoms with Gasteiger partial charge in [-0.25, -0.2) is 12.8 Å². The highest BCUT2D eigenvalue weighted by atomic mass is 32.2. The van der Waals surface area contributed by atoms with Crippen LogP contribution in [-0.2, 0) is 14.8 Å². The molecule has 32 heavy (non-hydrogen) atoms. The van der Waals surface area contributed by atoms with Gasteiger partial charge in [-0.2, -0.15) is 4.31 Å². The van der Waals surface area contributed by atoms with Crippen LogP contribution in [0.5, 0.6) is 0 Å². The highest BCUT2D eigenvalue weighted by Gasteiger charge is 2.28. The Hall–Kier alpha value is -3.23. The maximum atomic E-state index is 13.2. The molecule has 1 saturated heterocycles. The maximum Gasteiger partial charge on any atom is 0.251 e. The lowest BCUT2D eigenvalue weighted by molar-refractivity contribution is -0.117. The number of anilines is 2. The molecule has 0 radical (unpaired) electrons. The minimum absolute atomic E-state index is 0.190. The number of rotatable bonds is 7. The number of benzene rings is 3. The van der Waals surface area contributed by atoms with Crippen molar-refractivity contribution in [2.75, 3.05) is 23.7 Å². The molecule has 1 amide bonds. The third kappa shape index (κ3) is 4.98. The van der Waals surface area contributed by atoms with Gasteiger partial charge >= 0.3 is 0 Å². The van der Waals surface area contributed by atoms with Gasteiger partial charge in [0.25, 0.3) is 5.91 Å². The summed E-state index contributed by atoms with van der Waals surface area (Å²) in [4.78, 5) is 13.3. The molecular formula is C24H24FN3O3S. The molecule has 1 atom stereocenters. The van der Waals surface area contributed by atoms with Gasteiger partial charge in [-0.1, -0.05) is 36.4 Å². The van der Waals surface area contributed by atoms with E-state index in [2.05, 4.69) is 10.6 Å². The van der Waals surface area contributed by atoms with E-state index in [4.69, 9.17) is 0 Å². The van der Waals surface area contributed by atoms with Gasteiger partial charge in [0.15, 0.2) is 0 Å². The number of amides is 1. The monoisotopic (exact) mass is 453 g/mol. The van der Waals surface area contributed by atoms with Gasteiger partial charge in [-0.15, -0.1) is 0 Å². The summed E-state index contributed by atoms with van der Waals surface area (Å²) < 4.78 is 40.6. The zero-order valence-corrected chi connectivity index (χ0v) is 18.2. The SMILES string of the molecule is O=C(Nc1ccc(F)cc1)[C@@H](Nc1cccc(S(=O)(=O)N2CCCC2)c1)c1ccccc1. The molecule has 4 rings (SSSR count). The number of nitrogens with one attached hydrogen (secondary N) is 2. The Morgan fingerprint density at radius 1 is 0.875 bits per heavy atom. The van der Waals surface area contributed by atoms with Crippen molar-refractivity contribution in [3.63, 3.8) is 0 Å². The topological polar surface area (TPSA) is 78.5 Å². The lowest BCUT2D eigenvalue weighted by atomic mass is 10.1. The molecule has 0 bridgehead atoms. The van der Waals surface area contributed by atoms with E-state index in [-0.39, 0.29) is 10.8 Å². The van der Waals surface area contributed by atoms with Gasteiger partial charge in [0.1, 0.15) is 11.9 Å². The Morgan fingerprint density at radius 3 is 2.25 bits per heavy atom. The Morgan fingerprint density at radius 2 is 1.56 bits per heavy atom. The fourth-order valence-electron chi connectivity index (χ4n) is 3.68. The third-order valence-corrected chi connectivity index (χ3v) is 7.25. The van der Waals surface area contributed by atoms with Crippen molar-refractivity contribution >= 4 is 27.3 Å². The predicted molar refractivity (Wildman–Crippen MR) is 122 cm³/mol. The summed E-state index contributed by atoms with van der Waals surface area (Å²) in [5.41, 5.74) is 1.68. The molecule has 0 saturated carbocycles. The van der Waals surface area contributed by atoms with E-state index in [1.54, 1.807) is 24.3 Å². The molecule has 3 aromatic rings. The first-order valence-corrected chi connectivity index (χ1v) is 11.9. The second-order valence-electron chi connectivity index (χ2n) is 7.62. The van der Waals surface area contributed by atoms with Crippen molar-refractivity contribution in [3.8, 4) is 0 Å². The molecule has 0 unspecified atom stereocenters. The Labute approximate surface area is 187 Å². The molecular weight excluding hydrogens is 429 g/mol. The lowest BCUT2D eigenvalue weighted by Gasteiger charge is -2.21. The maximum absolute atomic E-state index is 13.2. The molecule has 6 nitrogen and oxygen atoms in total. The summed E-state index contributed by atoms with van der Waals surface area (Å²) in [6, 6.07) is 20.3. The van der Waals surface area contributed by atoms with E-state index in [0.29, 0.717) is 30.0 Å². The molecule has 0 aliphatic carbocycles. The summed E-state index contributed by atoms with van der Waals surface area (Å²) in [6.07, 6.45) is 1.72. The zero-order chi connectivity index (χ0) is 22.6. The van der Waals surface area contributed by atoms with Gasteiger partial charge in [0.2, 0.25) is 10.0 Å². The van der Waals surface area contributed by atoms with E-state index in [9.17, 15) is 17.6 Å². The molecule has 3 aromatic carbocycles. The van der Waals surface area contributed by atoms with Crippen LogP contribution in [-0.4, -0.2) is 31.7 Å². The lowest BCUT2D eigenvalue weighted by Crippen LogP contribution is -2.29. The van der Waals surface area contributed by atoms with Gasteiger partial charge in [-0.3, -0.25) is 4.79 Å². The number of hydrogen-bond donors (Lipinski definition) is 2. The van der Waals surface area contributed by atoms with E-state index < -0.39 is 21.9 Å². The van der Waals surface area contributed by atoms with E-state index >= 15 is 0 Å². The summed E-state index contributed by atoms with van der Waals surface area (Å²) in [5.74, 6) is -0.743. The molecule has 1 aliphatic rings. The number of carbonyl (C=O) groups is 1. The van der Waals surface area contributed by atoms with Gasteiger partial charge in [0, 0.05) is 24.5 Å². The highest BCUT2D eigenvalue weighted by molar-refractivity contribution is 7.89. The Bertz CT molecular complexity index is 1180. The average molecular weight is 454 g/mol. The molecule has 2 N–H and O–H groups in total. The van der Waals surface area contributed by atoms with Crippen molar-refractivity contribution in [2.24, 2.45) is 0 Å². The molecule has 0 spiro atoms. The van der Waals surface area contributed by atoms with Crippen LogP contribution in [0.2, 0.25) is 0 Å². The van der Waals surface area contributed by atoms with Crippen molar-refractivity contribution in [2.45, 2.75) is 23.8 Å². The van der Waals surface area contributed by atoms with Crippen molar-refractivity contribution < 1.29 is 17.6 Å². The number of sulfonamides is 1. The Kier molecular flexibility index (Phi) is 6.53. The summed E-state index contributed by atoms with van der Waals surface area (Å²) in [6.45, 7) is 1.04. The summed E-state index contributed by atoms with van der Waals surface area (Å²) in [5, 5.41) is 5.94. The third-order valence-electron chi connectivity index (χ3n) is 5.35. The predicted octanol–water partition coefficient (Wildman–Crippen LogP) is 4.40. The largest absolute Gasteiger partial charge is 0.370 e. The van der Waals surface area contributed by atoms with Gasteiger partial charge in [0.05, 0.1) is 4.90 Å². The minimum Gasteiger partial charge on any atom is -0.370 e. The quantitative estimate of drug-likeness (QED) is 0.556. The van der Waals surface area contributed by atoms with Crippen molar-refractivity contribution in [3.05, 3.63) is 90.2 Å². The first-order valence-electron chi connectivity index (χ1n) is 10.4. The summed E-state index contributed by atoms with van der Waals surface area (Å²) in [7, 11) is -3.58.